The number of ether oxygens (including phenoxy) is 1. The zero-order valence-electron chi connectivity index (χ0n) is 14.9. The maximum Gasteiger partial charge on any atom is 0.193 e. The van der Waals surface area contributed by atoms with Crippen LogP contribution in [0.3, 0.4) is 0 Å². The average molecular weight is 435 g/mol. The highest BCUT2D eigenvalue weighted by atomic mass is 127. The lowest BCUT2D eigenvalue weighted by molar-refractivity contribution is 0.174. The molecule has 2 aliphatic carbocycles. The van der Waals surface area contributed by atoms with E-state index in [0.29, 0.717) is 5.41 Å². The molecular weight excluding hydrogens is 401 g/mol. The van der Waals surface area contributed by atoms with E-state index in [9.17, 15) is 0 Å². The van der Waals surface area contributed by atoms with Crippen LogP contribution in [0.5, 0.6) is 0 Å². The van der Waals surface area contributed by atoms with Gasteiger partial charge in [0.15, 0.2) is 5.96 Å². The third-order valence-corrected chi connectivity index (χ3v) is 5.97. The molecule has 0 bridgehead atoms. The number of rotatable bonds is 6. The van der Waals surface area contributed by atoms with Crippen molar-refractivity contribution in [1.82, 2.24) is 10.2 Å². The molecule has 0 radical (unpaired) electrons. The van der Waals surface area contributed by atoms with E-state index in [-0.39, 0.29) is 24.0 Å². The summed E-state index contributed by atoms with van der Waals surface area (Å²) >= 11 is 0. The van der Waals surface area contributed by atoms with Crippen molar-refractivity contribution in [3.63, 3.8) is 0 Å². The highest BCUT2D eigenvalue weighted by molar-refractivity contribution is 14.0. The van der Waals surface area contributed by atoms with Crippen LogP contribution in [0.25, 0.3) is 0 Å². The number of fused-ring (bicyclic) bond motifs is 1. The summed E-state index contributed by atoms with van der Waals surface area (Å²) in [4.78, 5) is 7.55. The lowest BCUT2D eigenvalue weighted by Crippen LogP contribution is -2.40. The standard InChI is InChI=1S/C18H33N3O.HI/c1-3-19-17(20-14-18(8-9-18)10-11-22-2)21-12-15-6-4-5-7-16(15)13-21;/h15-16H,3-14H2,1-2H3,(H,19,20);1H. The van der Waals surface area contributed by atoms with Crippen LogP contribution < -0.4 is 5.32 Å². The van der Waals surface area contributed by atoms with Crippen molar-refractivity contribution in [3.8, 4) is 0 Å². The number of nitrogens with zero attached hydrogens (tertiary/aromatic N) is 2. The topological polar surface area (TPSA) is 36.9 Å². The molecule has 2 unspecified atom stereocenters. The van der Waals surface area contributed by atoms with Crippen molar-refractivity contribution in [2.24, 2.45) is 22.2 Å². The molecule has 1 aliphatic heterocycles. The maximum absolute atomic E-state index is 5.26. The Hall–Kier alpha value is -0.0400. The lowest BCUT2D eigenvalue weighted by atomic mass is 9.82. The Balaban J connectivity index is 0.00000192. The van der Waals surface area contributed by atoms with Crippen LogP contribution in [-0.2, 0) is 4.74 Å². The number of hydrogen-bond donors (Lipinski definition) is 1. The van der Waals surface area contributed by atoms with E-state index in [1.807, 2.05) is 0 Å². The maximum atomic E-state index is 5.26. The molecule has 134 valence electrons. The van der Waals surface area contributed by atoms with E-state index in [1.54, 1.807) is 7.11 Å². The van der Waals surface area contributed by atoms with E-state index >= 15 is 0 Å². The minimum Gasteiger partial charge on any atom is -0.385 e. The molecule has 1 saturated heterocycles. The number of nitrogens with one attached hydrogen (secondary N) is 1. The highest BCUT2D eigenvalue weighted by Gasteiger charge is 2.42. The molecule has 0 aromatic rings. The fourth-order valence-electron chi connectivity index (χ4n) is 4.23. The van der Waals surface area contributed by atoms with Gasteiger partial charge in [-0.25, -0.2) is 0 Å². The number of aliphatic imine (C=N–C) groups is 1. The Morgan fingerprint density at radius 1 is 1.22 bits per heavy atom. The van der Waals surface area contributed by atoms with Crippen molar-refractivity contribution in [1.29, 1.82) is 0 Å². The number of likely N-dealkylation sites (tertiary alicyclic amines) is 1. The van der Waals surface area contributed by atoms with E-state index in [1.165, 1.54) is 57.6 Å². The van der Waals surface area contributed by atoms with Crippen molar-refractivity contribution in [3.05, 3.63) is 0 Å². The molecule has 1 heterocycles. The van der Waals surface area contributed by atoms with Crippen LogP contribution in [0.15, 0.2) is 4.99 Å². The number of guanidine groups is 1. The number of methoxy groups -OCH3 is 1. The van der Waals surface area contributed by atoms with Gasteiger partial charge in [0.1, 0.15) is 0 Å². The summed E-state index contributed by atoms with van der Waals surface area (Å²) in [6, 6.07) is 0. The minimum atomic E-state index is 0. The summed E-state index contributed by atoms with van der Waals surface area (Å²) in [5.74, 6) is 3.00. The van der Waals surface area contributed by atoms with Gasteiger partial charge in [-0.15, -0.1) is 24.0 Å². The third-order valence-electron chi connectivity index (χ3n) is 5.97. The van der Waals surface area contributed by atoms with Gasteiger partial charge in [0, 0.05) is 39.9 Å². The summed E-state index contributed by atoms with van der Waals surface area (Å²) in [5.41, 5.74) is 0.448. The second-order valence-corrected chi connectivity index (χ2v) is 7.62. The SMILES string of the molecule is CCNC(=NCC1(CCOC)CC1)N1CC2CCCCC2C1.I. The van der Waals surface area contributed by atoms with Crippen LogP contribution in [0, 0.1) is 17.3 Å². The van der Waals surface area contributed by atoms with Gasteiger partial charge in [-0.3, -0.25) is 4.99 Å². The van der Waals surface area contributed by atoms with E-state index in [0.717, 1.165) is 38.0 Å². The van der Waals surface area contributed by atoms with Crippen LogP contribution in [0.4, 0.5) is 0 Å². The fourth-order valence-corrected chi connectivity index (χ4v) is 4.23. The first-order valence-electron chi connectivity index (χ1n) is 9.28. The zero-order chi connectivity index (χ0) is 15.4. The van der Waals surface area contributed by atoms with Crippen molar-refractivity contribution in [2.45, 2.75) is 51.9 Å². The van der Waals surface area contributed by atoms with Crippen molar-refractivity contribution >= 4 is 29.9 Å². The molecule has 5 heteroatoms. The van der Waals surface area contributed by atoms with Crippen LogP contribution >= 0.6 is 24.0 Å². The Bertz CT molecular complexity index is 384. The quantitative estimate of drug-likeness (QED) is 0.394. The first-order valence-corrected chi connectivity index (χ1v) is 9.28. The number of halogens is 1. The molecule has 4 nitrogen and oxygen atoms in total. The molecule has 3 fully saturated rings. The summed E-state index contributed by atoms with van der Waals surface area (Å²) in [7, 11) is 1.80. The van der Waals surface area contributed by atoms with Gasteiger partial charge in [-0.05, 0) is 56.3 Å². The summed E-state index contributed by atoms with van der Waals surface area (Å²) < 4.78 is 5.26. The first kappa shape index (κ1) is 19.3. The summed E-state index contributed by atoms with van der Waals surface area (Å²) in [5, 5.41) is 3.54. The Morgan fingerprint density at radius 3 is 2.39 bits per heavy atom. The van der Waals surface area contributed by atoms with Gasteiger partial charge < -0.3 is 15.0 Å². The molecule has 23 heavy (non-hydrogen) atoms. The van der Waals surface area contributed by atoms with Gasteiger partial charge in [0.2, 0.25) is 0 Å². The van der Waals surface area contributed by atoms with Gasteiger partial charge in [0.25, 0.3) is 0 Å². The van der Waals surface area contributed by atoms with Crippen molar-refractivity contribution in [2.75, 3.05) is 39.9 Å². The Kier molecular flexibility index (Phi) is 7.45. The van der Waals surface area contributed by atoms with E-state index in [4.69, 9.17) is 9.73 Å². The molecular formula is C18H34IN3O. The van der Waals surface area contributed by atoms with Gasteiger partial charge >= 0.3 is 0 Å². The Labute approximate surface area is 158 Å². The monoisotopic (exact) mass is 435 g/mol. The normalized spacial score (nSPS) is 29.0. The molecule has 0 aromatic carbocycles. The van der Waals surface area contributed by atoms with Crippen LogP contribution in [0.2, 0.25) is 0 Å². The fraction of sp³-hybridized carbons (Fsp3) is 0.944. The molecule has 3 rings (SSSR count). The predicted molar refractivity (Wildman–Crippen MR) is 107 cm³/mol. The molecule has 1 N–H and O–H groups in total. The van der Waals surface area contributed by atoms with Crippen LogP contribution in [0.1, 0.15) is 51.9 Å². The molecule has 0 aromatic heterocycles. The minimum absolute atomic E-state index is 0. The Morgan fingerprint density at radius 2 is 1.87 bits per heavy atom. The second-order valence-electron chi connectivity index (χ2n) is 7.62. The highest BCUT2D eigenvalue weighted by Crippen LogP contribution is 2.49. The largest absolute Gasteiger partial charge is 0.385 e. The average Bonchev–Trinajstić information content (AvgIpc) is 3.18. The molecule has 0 spiro atoms. The summed E-state index contributed by atoms with van der Waals surface area (Å²) in [6.45, 7) is 7.44. The lowest BCUT2D eigenvalue weighted by Gasteiger charge is -2.23. The van der Waals surface area contributed by atoms with Gasteiger partial charge in [-0.1, -0.05) is 12.8 Å². The third kappa shape index (κ3) is 4.97. The smallest absolute Gasteiger partial charge is 0.193 e. The molecule has 0 amide bonds. The van der Waals surface area contributed by atoms with Gasteiger partial charge in [-0.2, -0.15) is 0 Å². The van der Waals surface area contributed by atoms with Crippen LogP contribution in [-0.4, -0.2) is 50.8 Å². The van der Waals surface area contributed by atoms with Crippen molar-refractivity contribution < 1.29 is 4.74 Å². The first-order chi connectivity index (χ1) is 10.8. The molecule has 3 aliphatic rings. The molecule has 2 atom stereocenters. The predicted octanol–water partition coefficient (Wildman–Crippen LogP) is 3.51. The second kappa shape index (κ2) is 8.88. The zero-order valence-corrected chi connectivity index (χ0v) is 17.2. The molecule has 2 saturated carbocycles. The summed E-state index contributed by atoms with van der Waals surface area (Å²) in [6.07, 6.45) is 9.54. The van der Waals surface area contributed by atoms with E-state index in [2.05, 4.69) is 17.1 Å². The number of hydrogen-bond acceptors (Lipinski definition) is 2. The van der Waals surface area contributed by atoms with E-state index < -0.39 is 0 Å². The van der Waals surface area contributed by atoms with Gasteiger partial charge in [0.05, 0.1) is 0 Å².